The molecule has 0 saturated heterocycles. The molecule has 2 rings (SSSR count). The molecule has 0 aliphatic rings. The van der Waals surface area contributed by atoms with Gasteiger partial charge in [-0.3, -0.25) is 0 Å². The van der Waals surface area contributed by atoms with E-state index in [4.69, 9.17) is 16.7 Å². The van der Waals surface area contributed by atoms with Crippen LogP contribution in [0.2, 0.25) is 5.02 Å². The highest BCUT2D eigenvalue weighted by Crippen LogP contribution is 2.37. The van der Waals surface area contributed by atoms with Crippen LogP contribution in [0, 0.1) is 0 Å². The maximum Gasteiger partial charge on any atom is 0.573 e. The summed E-state index contributed by atoms with van der Waals surface area (Å²) in [6.07, 6.45) is -2.55. The minimum Gasteiger partial charge on any atom is -0.478 e. The molecule has 0 unspecified atom stereocenters. The molecule has 0 spiro atoms. The number of benzene rings is 2. The number of alkyl halides is 3. The SMILES string of the molecule is O=C(O)/C=C/c1ccc(-c2ccccc2OC(F)(F)F)c(Cl)c1. The Morgan fingerprint density at radius 2 is 1.83 bits per heavy atom. The van der Waals surface area contributed by atoms with Crippen LogP contribution in [0.3, 0.4) is 0 Å². The number of carbonyl (C=O) groups is 1. The summed E-state index contributed by atoms with van der Waals surface area (Å²) < 4.78 is 41.4. The van der Waals surface area contributed by atoms with Crippen LogP contribution in [0.4, 0.5) is 13.2 Å². The number of rotatable bonds is 4. The Hall–Kier alpha value is -2.47. The number of carboxylic acids is 1. The van der Waals surface area contributed by atoms with E-state index in [1.165, 1.54) is 36.4 Å². The first-order chi connectivity index (χ1) is 10.8. The van der Waals surface area contributed by atoms with Crippen molar-refractivity contribution in [2.45, 2.75) is 6.36 Å². The standard InChI is InChI=1S/C16H10ClF3O3/c17-13-9-10(6-8-15(21)22)5-7-11(13)12-3-1-2-4-14(12)23-16(18,19)20/h1-9H,(H,21,22)/b8-6+. The fourth-order valence-corrected chi connectivity index (χ4v) is 2.21. The minimum atomic E-state index is -4.81. The zero-order valence-corrected chi connectivity index (χ0v) is 12.2. The van der Waals surface area contributed by atoms with E-state index in [9.17, 15) is 18.0 Å². The van der Waals surface area contributed by atoms with Gasteiger partial charge in [-0.25, -0.2) is 4.79 Å². The molecule has 120 valence electrons. The van der Waals surface area contributed by atoms with Gasteiger partial charge < -0.3 is 9.84 Å². The van der Waals surface area contributed by atoms with Gasteiger partial charge in [0.1, 0.15) is 5.75 Å². The molecule has 0 saturated carbocycles. The molecule has 0 aliphatic heterocycles. The lowest BCUT2D eigenvalue weighted by Crippen LogP contribution is -2.17. The summed E-state index contributed by atoms with van der Waals surface area (Å²) in [7, 11) is 0. The second-order valence-corrected chi connectivity index (χ2v) is 4.86. The van der Waals surface area contributed by atoms with Crippen LogP contribution in [0.1, 0.15) is 5.56 Å². The summed E-state index contributed by atoms with van der Waals surface area (Å²) in [5.41, 5.74) is 1.04. The molecule has 2 aromatic carbocycles. The Morgan fingerprint density at radius 3 is 2.43 bits per heavy atom. The van der Waals surface area contributed by atoms with Crippen molar-refractivity contribution >= 4 is 23.6 Å². The molecular formula is C16H10ClF3O3. The van der Waals surface area contributed by atoms with Gasteiger partial charge in [-0.15, -0.1) is 13.2 Å². The topological polar surface area (TPSA) is 46.5 Å². The Bertz CT molecular complexity index is 754. The van der Waals surface area contributed by atoms with E-state index in [-0.39, 0.29) is 16.3 Å². The monoisotopic (exact) mass is 342 g/mol. The third-order valence-corrected chi connectivity index (χ3v) is 3.13. The summed E-state index contributed by atoms with van der Waals surface area (Å²) in [4.78, 5) is 10.5. The van der Waals surface area contributed by atoms with Gasteiger partial charge in [0, 0.05) is 22.2 Å². The molecule has 1 N–H and O–H groups in total. The highest BCUT2D eigenvalue weighted by atomic mass is 35.5. The number of ether oxygens (including phenoxy) is 1. The number of hydrogen-bond donors (Lipinski definition) is 1. The van der Waals surface area contributed by atoms with Crippen molar-refractivity contribution in [2.75, 3.05) is 0 Å². The van der Waals surface area contributed by atoms with Crippen LogP contribution in [0.5, 0.6) is 5.75 Å². The zero-order chi connectivity index (χ0) is 17.0. The van der Waals surface area contributed by atoms with Gasteiger partial charge in [0.15, 0.2) is 0 Å². The minimum absolute atomic E-state index is 0.177. The molecule has 0 aliphatic carbocycles. The number of para-hydroxylation sites is 1. The molecule has 0 bridgehead atoms. The van der Waals surface area contributed by atoms with Crippen LogP contribution in [0.15, 0.2) is 48.5 Å². The molecule has 2 aromatic rings. The molecule has 0 fully saturated rings. The Labute approximate surface area is 134 Å². The average molecular weight is 343 g/mol. The number of hydrogen-bond acceptors (Lipinski definition) is 2. The summed E-state index contributed by atoms with van der Waals surface area (Å²) in [5, 5.41) is 8.76. The molecule has 7 heteroatoms. The number of carboxylic acid groups (broad SMARTS) is 1. The highest BCUT2D eigenvalue weighted by Gasteiger charge is 2.32. The largest absolute Gasteiger partial charge is 0.573 e. The molecule has 0 atom stereocenters. The van der Waals surface area contributed by atoms with Crippen molar-refractivity contribution in [1.82, 2.24) is 0 Å². The lowest BCUT2D eigenvalue weighted by atomic mass is 10.0. The van der Waals surface area contributed by atoms with E-state index >= 15 is 0 Å². The third kappa shape index (κ3) is 4.75. The van der Waals surface area contributed by atoms with Crippen molar-refractivity contribution < 1.29 is 27.8 Å². The molecular weight excluding hydrogens is 333 g/mol. The second-order valence-electron chi connectivity index (χ2n) is 4.45. The quantitative estimate of drug-likeness (QED) is 0.795. The molecule has 0 amide bonds. The fraction of sp³-hybridized carbons (Fsp3) is 0.0625. The smallest absolute Gasteiger partial charge is 0.478 e. The fourth-order valence-electron chi connectivity index (χ4n) is 1.92. The third-order valence-electron chi connectivity index (χ3n) is 2.81. The maximum absolute atomic E-state index is 12.5. The molecule has 23 heavy (non-hydrogen) atoms. The van der Waals surface area contributed by atoms with Crippen molar-refractivity contribution in [1.29, 1.82) is 0 Å². The Kier molecular flexibility index (Phi) is 4.95. The maximum atomic E-state index is 12.5. The van der Waals surface area contributed by atoms with Gasteiger partial charge in [-0.05, 0) is 23.8 Å². The molecule has 0 heterocycles. The van der Waals surface area contributed by atoms with Gasteiger partial charge in [0.2, 0.25) is 0 Å². The summed E-state index contributed by atoms with van der Waals surface area (Å²) in [6, 6.07) is 10.1. The Morgan fingerprint density at radius 1 is 1.13 bits per heavy atom. The Balaban J connectivity index is 2.41. The first kappa shape index (κ1) is 16.9. The van der Waals surface area contributed by atoms with Crippen molar-refractivity contribution in [3.63, 3.8) is 0 Å². The van der Waals surface area contributed by atoms with Crippen LogP contribution >= 0.6 is 11.6 Å². The summed E-state index contributed by atoms with van der Waals surface area (Å²) in [5.74, 6) is -1.48. The first-order valence-corrected chi connectivity index (χ1v) is 6.70. The summed E-state index contributed by atoms with van der Waals surface area (Å²) >= 11 is 6.10. The highest BCUT2D eigenvalue weighted by molar-refractivity contribution is 6.33. The predicted octanol–water partition coefficient (Wildman–Crippen LogP) is 5.00. The van der Waals surface area contributed by atoms with Crippen LogP contribution in [-0.4, -0.2) is 17.4 Å². The van der Waals surface area contributed by atoms with Gasteiger partial charge in [-0.2, -0.15) is 0 Å². The first-order valence-electron chi connectivity index (χ1n) is 6.32. The van der Waals surface area contributed by atoms with Crippen LogP contribution < -0.4 is 4.74 Å². The molecule has 3 nitrogen and oxygen atoms in total. The van der Waals surface area contributed by atoms with E-state index in [1.54, 1.807) is 12.1 Å². The van der Waals surface area contributed by atoms with Gasteiger partial charge in [0.25, 0.3) is 0 Å². The van der Waals surface area contributed by atoms with Gasteiger partial charge in [0.05, 0.1) is 0 Å². The number of halogens is 4. The normalized spacial score (nSPS) is 11.7. The van der Waals surface area contributed by atoms with E-state index in [0.717, 1.165) is 6.08 Å². The van der Waals surface area contributed by atoms with E-state index in [0.29, 0.717) is 11.1 Å². The van der Waals surface area contributed by atoms with Crippen LogP contribution in [-0.2, 0) is 4.79 Å². The lowest BCUT2D eigenvalue weighted by molar-refractivity contribution is -0.274. The van der Waals surface area contributed by atoms with Crippen molar-refractivity contribution in [3.8, 4) is 16.9 Å². The van der Waals surface area contributed by atoms with E-state index < -0.39 is 12.3 Å². The van der Waals surface area contributed by atoms with Crippen molar-refractivity contribution in [3.05, 3.63) is 59.1 Å². The van der Waals surface area contributed by atoms with Gasteiger partial charge >= 0.3 is 12.3 Å². The van der Waals surface area contributed by atoms with Crippen LogP contribution in [0.25, 0.3) is 17.2 Å². The predicted molar refractivity (Wildman–Crippen MR) is 80.2 cm³/mol. The van der Waals surface area contributed by atoms with E-state index in [1.807, 2.05) is 0 Å². The van der Waals surface area contributed by atoms with Crippen molar-refractivity contribution in [2.24, 2.45) is 0 Å². The van der Waals surface area contributed by atoms with Gasteiger partial charge in [-0.1, -0.05) is 41.9 Å². The van der Waals surface area contributed by atoms with E-state index in [2.05, 4.69) is 4.74 Å². The lowest BCUT2D eigenvalue weighted by Gasteiger charge is -2.14. The zero-order valence-electron chi connectivity index (χ0n) is 11.5. The average Bonchev–Trinajstić information content (AvgIpc) is 2.44. The second kappa shape index (κ2) is 6.75. The summed E-state index contributed by atoms with van der Waals surface area (Å²) in [6.45, 7) is 0. The molecule has 0 aromatic heterocycles. The molecule has 0 radical (unpaired) electrons. The number of aliphatic carboxylic acids is 1.